The molecule has 1 aromatic rings. The Balaban J connectivity index is 2.24. The van der Waals surface area contributed by atoms with Gasteiger partial charge in [0.15, 0.2) is 16.9 Å². The molecule has 34 heavy (non-hydrogen) atoms. The summed E-state index contributed by atoms with van der Waals surface area (Å²) in [6, 6.07) is 11.5. The molecule has 1 aliphatic carbocycles. The summed E-state index contributed by atoms with van der Waals surface area (Å²) in [5, 5.41) is 30.3. The van der Waals surface area contributed by atoms with Gasteiger partial charge in [-0.2, -0.15) is 15.8 Å². The number of allylic oxidation sites excluding steroid dienone is 2. The molecule has 0 spiro atoms. The molecule has 9 nitrogen and oxygen atoms in total. The Morgan fingerprint density at radius 2 is 1.79 bits per heavy atom. The molecule has 0 bridgehead atoms. The number of hydrogen-bond acceptors (Lipinski definition) is 8. The molecule has 2 N–H and O–H groups in total. The Bertz CT molecular complexity index is 1140. The van der Waals surface area contributed by atoms with Gasteiger partial charge in [0.05, 0.1) is 43.2 Å². The van der Waals surface area contributed by atoms with Crippen molar-refractivity contribution < 1.29 is 19.0 Å². The SMILES string of the molecule is CCOC(=O)N1CC=C2C(C#N)=C(N)C(C#N)(C#N)[C@H](c3ccc(OCC)c(OCC)c3)[C@@H]2C1. The van der Waals surface area contributed by atoms with Crippen LogP contribution in [0, 0.1) is 45.3 Å². The van der Waals surface area contributed by atoms with Crippen LogP contribution in [0.3, 0.4) is 0 Å². The maximum Gasteiger partial charge on any atom is 0.410 e. The van der Waals surface area contributed by atoms with E-state index in [0.29, 0.717) is 35.8 Å². The topological polar surface area (TPSA) is 145 Å². The molecule has 0 aromatic heterocycles. The van der Waals surface area contributed by atoms with Crippen molar-refractivity contribution in [2.45, 2.75) is 26.7 Å². The predicted octanol–water partition coefficient (Wildman–Crippen LogP) is 3.37. The van der Waals surface area contributed by atoms with Crippen LogP contribution in [0.15, 0.2) is 41.1 Å². The van der Waals surface area contributed by atoms with Gasteiger partial charge in [0, 0.05) is 24.9 Å². The molecule has 1 aliphatic heterocycles. The number of ether oxygens (including phenoxy) is 3. The molecule has 0 saturated carbocycles. The number of nitrogens with two attached hydrogens (primary N) is 1. The molecule has 1 heterocycles. The third kappa shape index (κ3) is 4.00. The largest absolute Gasteiger partial charge is 0.490 e. The van der Waals surface area contributed by atoms with Gasteiger partial charge in [-0.05, 0) is 44.0 Å². The zero-order chi connectivity index (χ0) is 24.9. The molecule has 2 aliphatic rings. The highest BCUT2D eigenvalue weighted by atomic mass is 16.6. The Hall–Kier alpha value is -4.16. The summed E-state index contributed by atoms with van der Waals surface area (Å²) in [4.78, 5) is 14.0. The number of hydrogen-bond donors (Lipinski definition) is 1. The summed E-state index contributed by atoms with van der Waals surface area (Å²) in [5.74, 6) is -0.286. The van der Waals surface area contributed by atoms with Crippen molar-refractivity contribution in [3.8, 4) is 29.7 Å². The monoisotopic (exact) mass is 461 g/mol. The van der Waals surface area contributed by atoms with Gasteiger partial charge in [0.2, 0.25) is 0 Å². The highest BCUT2D eigenvalue weighted by molar-refractivity contribution is 5.69. The third-order valence-corrected chi connectivity index (χ3v) is 6.12. The van der Waals surface area contributed by atoms with E-state index in [4.69, 9.17) is 19.9 Å². The van der Waals surface area contributed by atoms with Gasteiger partial charge in [-0.3, -0.25) is 0 Å². The van der Waals surface area contributed by atoms with E-state index in [1.165, 1.54) is 4.90 Å². The lowest BCUT2D eigenvalue weighted by atomic mass is 9.58. The van der Waals surface area contributed by atoms with Gasteiger partial charge in [0.1, 0.15) is 6.07 Å². The number of nitriles is 3. The van der Waals surface area contributed by atoms with Crippen LogP contribution < -0.4 is 15.2 Å². The van der Waals surface area contributed by atoms with E-state index in [1.54, 1.807) is 31.2 Å². The van der Waals surface area contributed by atoms with Crippen molar-refractivity contribution in [2.24, 2.45) is 17.1 Å². The predicted molar refractivity (Wildman–Crippen MR) is 122 cm³/mol. The van der Waals surface area contributed by atoms with Crippen LogP contribution in [0.4, 0.5) is 4.79 Å². The van der Waals surface area contributed by atoms with E-state index in [-0.39, 0.29) is 31.0 Å². The molecule has 0 radical (unpaired) electrons. The molecule has 3 rings (SSSR count). The minimum atomic E-state index is -1.82. The lowest BCUT2D eigenvalue weighted by molar-refractivity contribution is 0.0999. The van der Waals surface area contributed by atoms with E-state index < -0.39 is 23.3 Å². The third-order valence-electron chi connectivity index (χ3n) is 6.12. The standard InChI is InChI=1S/C25H27N5O4/c1-4-32-20-8-7-16(11-21(20)33-5-2)22-19-13-30(24(31)34-6-3)10-9-17(19)18(12-26)23(29)25(22,14-27)15-28/h7-9,11,19,22H,4-6,10,13,29H2,1-3H3/t19-,22-/m1/s1. The lowest BCUT2D eigenvalue weighted by Gasteiger charge is -2.45. The minimum Gasteiger partial charge on any atom is -0.490 e. The fourth-order valence-corrected chi connectivity index (χ4v) is 4.68. The number of carbonyl (C=O) groups excluding carboxylic acids is 1. The van der Waals surface area contributed by atoms with Gasteiger partial charge in [-0.15, -0.1) is 0 Å². The van der Waals surface area contributed by atoms with Gasteiger partial charge in [-0.1, -0.05) is 12.1 Å². The van der Waals surface area contributed by atoms with E-state index in [1.807, 2.05) is 13.8 Å². The number of amides is 1. The zero-order valence-corrected chi connectivity index (χ0v) is 19.5. The highest BCUT2D eigenvalue weighted by Crippen LogP contribution is 2.54. The van der Waals surface area contributed by atoms with E-state index >= 15 is 0 Å². The lowest BCUT2D eigenvalue weighted by Crippen LogP contribution is -2.49. The number of rotatable bonds is 6. The molecule has 0 saturated heterocycles. The minimum absolute atomic E-state index is 0.0797. The Morgan fingerprint density at radius 3 is 2.38 bits per heavy atom. The van der Waals surface area contributed by atoms with E-state index in [9.17, 15) is 20.6 Å². The molecule has 9 heteroatoms. The van der Waals surface area contributed by atoms with Crippen LogP contribution in [-0.2, 0) is 4.74 Å². The van der Waals surface area contributed by atoms with Crippen molar-refractivity contribution in [2.75, 3.05) is 32.9 Å². The average molecular weight is 462 g/mol. The Morgan fingerprint density at radius 1 is 1.12 bits per heavy atom. The van der Waals surface area contributed by atoms with Crippen molar-refractivity contribution >= 4 is 6.09 Å². The fraction of sp³-hybridized carbons (Fsp3) is 0.440. The normalized spacial score (nSPS) is 20.7. The van der Waals surface area contributed by atoms with Gasteiger partial charge in [0.25, 0.3) is 0 Å². The van der Waals surface area contributed by atoms with Crippen LogP contribution in [-0.4, -0.2) is 43.9 Å². The van der Waals surface area contributed by atoms with Gasteiger partial charge < -0.3 is 24.8 Å². The zero-order valence-electron chi connectivity index (χ0n) is 19.5. The summed E-state index contributed by atoms with van der Waals surface area (Å²) in [7, 11) is 0. The average Bonchev–Trinajstić information content (AvgIpc) is 2.85. The molecule has 1 aromatic carbocycles. The van der Waals surface area contributed by atoms with Crippen molar-refractivity contribution in [3.05, 3.63) is 46.7 Å². The second-order valence-electron chi connectivity index (χ2n) is 7.85. The van der Waals surface area contributed by atoms with Crippen molar-refractivity contribution in [1.29, 1.82) is 15.8 Å². The second kappa shape index (κ2) is 10.2. The number of benzene rings is 1. The summed E-state index contributed by atoms with van der Waals surface area (Å²) in [6.45, 7) is 6.86. The smallest absolute Gasteiger partial charge is 0.410 e. The highest BCUT2D eigenvalue weighted by Gasteiger charge is 2.55. The second-order valence-corrected chi connectivity index (χ2v) is 7.85. The summed E-state index contributed by atoms with van der Waals surface area (Å²) in [5.41, 5.74) is 5.81. The van der Waals surface area contributed by atoms with Crippen molar-refractivity contribution in [3.63, 3.8) is 0 Å². The number of fused-ring (bicyclic) bond motifs is 1. The van der Waals surface area contributed by atoms with E-state index in [2.05, 4.69) is 18.2 Å². The first kappa shape index (κ1) is 24.5. The summed E-state index contributed by atoms with van der Waals surface area (Å²) in [6.07, 6.45) is 1.25. The van der Waals surface area contributed by atoms with Gasteiger partial charge >= 0.3 is 6.09 Å². The fourth-order valence-electron chi connectivity index (χ4n) is 4.68. The van der Waals surface area contributed by atoms with Gasteiger partial charge in [-0.25, -0.2) is 4.79 Å². The maximum absolute atomic E-state index is 12.5. The first-order valence-corrected chi connectivity index (χ1v) is 11.2. The Labute approximate surface area is 199 Å². The van der Waals surface area contributed by atoms with Crippen molar-refractivity contribution in [1.82, 2.24) is 4.90 Å². The number of nitrogens with zero attached hydrogens (tertiary/aromatic N) is 4. The molecular formula is C25H27N5O4. The first-order chi connectivity index (χ1) is 16.4. The van der Waals surface area contributed by atoms with Crippen LogP contribution in [0.2, 0.25) is 0 Å². The number of carbonyl (C=O) groups is 1. The maximum atomic E-state index is 12.5. The summed E-state index contributed by atoms with van der Waals surface area (Å²) >= 11 is 0. The summed E-state index contributed by atoms with van der Waals surface area (Å²) < 4.78 is 16.6. The van der Waals surface area contributed by atoms with Crippen LogP contribution in [0.25, 0.3) is 0 Å². The van der Waals surface area contributed by atoms with Crippen LogP contribution >= 0.6 is 0 Å². The molecule has 0 unspecified atom stereocenters. The molecule has 1 amide bonds. The molecule has 176 valence electrons. The first-order valence-electron chi connectivity index (χ1n) is 11.2. The van der Waals surface area contributed by atoms with E-state index in [0.717, 1.165) is 0 Å². The molecule has 2 atom stereocenters. The quantitative estimate of drug-likeness (QED) is 0.678. The van der Waals surface area contributed by atoms with Crippen LogP contribution in [0.5, 0.6) is 11.5 Å². The molecular weight excluding hydrogens is 434 g/mol. The van der Waals surface area contributed by atoms with Crippen LogP contribution in [0.1, 0.15) is 32.3 Å². The molecule has 0 fully saturated rings. The Kier molecular flexibility index (Phi) is 7.34.